The van der Waals surface area contributed by atoms with Crippen molar-refractivity contribution in [2.75, 3.05) is 6.61 Å². The topological polar surface area (TPSA) is 52.1 Å². The number of terminal acetylenes is 1. The normalized spacial score (nSPS) is 9.59. The van der Waals surface area contributed by atoms with E-state index in [9.17, 15) is 4.79 Å². The highest BCUT2D eigenvalue weighted by molar-refractivity contribution is 7.08. The molecule has 17 heavy (non-hydrogen) atoms. The van der Waals surface area contributed by atoms with Gasteiger partial charge in [0.2, 0.25) is 0 Å². The first kappa shape index (κ1) is 11.3. The highest BCUT2D eigenvalue weighted by atomic mass is 32.1. The van der Waals surface area contributed by atoms with Crippen LogP contribution in [0.15, 0.2) is 30.3 Å². The number of carbonyl (C=O) groups excluding carboxylic acids is 1. The SMILES string of the molecule is C#CCOC(=O)c1snnc1-c1ccccc1. The van der Waals surface area contributed by atoms with Gasteiger partial charge in [0.15, 0.2) is 11.5 Å². The van der Waals surface area contributed by atoms with Gasteiger partial charge in [-0.25, -0.2) is 4.79 Å². The molecule has 0 aliphatic rings. The molecule has 1 heterocycles. The zero-order valence-corrected chi connectivity index (χ0v) is 9.61. The Labute approximate surface area is 102 Å². The smallest absolute Gasteiger partial charge is 0.353 e. The van der Waals surface area contributed by atoms with E-state index in [0.29, 0.717) is 10.6 Å². The van der Waals surface area contributed by atoms with Crippen molar-refractivity contribution in [3.8, 4) is 23.6 Å². The minimum Gasteiger partial charge on any atom is -0.448 e. The van der Waals surface area contributed by atoms with Crippen LogP contribution in [0.3, 0.4) is 0 Å². The van der Waals surface area contributed by atoms with Crippen LogP contribution in [0.4, 0.5) is 0 Å². The Kier molecular flexibility index (Phi) is 3.48. The number of hydrogen-bond acceptors (Lipinski definition) is 5. The number of aromatic nitrogens is 2. The highest BCUT2D eigenvalue weighted by Crippen LogP contribution is 2.24. The Morgan fingerprint density at radius 1 is 1.41 bits per heavy atom. The summed E-state index contributed by atoms with van der Waals surface area (Å²) in [6, 6.07) is 9.33. The van der Waals surface area contributed by atoms with Crippen LogP contribution in [0.2, 0.25) is 0 Å². The van der Waals surface area contributed by atoms with Crippen LogP contribution in [0, 0.1) is 12.3 Å². The molecule has 0 unspecified atom stereocenters. The van der Waals surface area contributed by atoms with Gasteiger partial charge in [-0.1, -0.05) is 40.7 Å². The maximum absolute atomic E-state index is 11.7. The van der Waals surface area contributed by atoms with Gasteiger partial charge >= 0.3 is 5.97 Å². The van der Waals surface area contributed by atoms with Crippen LogP contribution >= 0.6 is 11.5 Å². The summed E-state index contributed by atoms with van der Waals surface area (Å²) >= 11 is 0.999. The summed E-state index contributed by atoms with van der Waals surface area (Å²) in [6.45, 7) is -0.0506. The zero-order valence-electron chi connectivity index (χ0n) is 8.79. The van der Waals surface area contributed by atoms with Crippen molar-refractivity contribution >= 4 is 17.5 Å². The number of ether oxygens (including phenoxy) is 1. The first-order valence-electron chi connectivity index (χ1n) is 4.81. The molecule has 0 aliphatic carbocycles. The molecule has 0 atom stereocenters. The Morgan fingerprint density at radius 2 is 2.18 bits per heavy atom. The van der Waals surface area contributed by atoms with E-state index >= 15 is 0 Å². The molecular weight excluding hydrogens is 236 g/mol. The Morgan fingerprint density at radius 3 is 2.88 bits per heavy atom. The van der Waals surface area contributed by atoms with Gasteiger partial charge in [-0.2, -0.15) is 0 Å². The van der Waals surface area contributed by atoms with E-state index in [2.05, 4.69) is 15.5 Å². The van der Waals surface area contributed by atoms with Gasteiger partial charge < -0.3 is 4.74 Å². The van der Waals surface area contributed by atoms with Crippen LogP contribution in [0.5, 0.6) is 0 Å². The number of hydrogen-bond donors (Lipinski definition) is 0. The second kappa shape index (κ2) is 5.23. The van der Waals surface area contributed by atoms with Crippen LogP contribution < -0.4 is 0 Å². The molecule has 5 heteroatoms. The Hall–Kier alpha value is -2.19. The molecule has 0 aliphatic heterocycles. The van der Waals surface area contributed by atoms with Crippen molar-refractivity contribution in [2.24, 2.45) is 0 Å². The maximum atomic E-state index is 11.7. The molecule has 84 valence electrons. The van der Waals surface area contributed by atoms with E-state index in [4.69, 9.17) is 11.2 Å². The molecular formula is C12H8N2O2S. The predicted molar refractivity (Wildman–Crippen MR) is 64.5 cm³/mol. The van der Waals surface area contributed by atoms with Crippen molar-refractivity contribution in [2.45, 2.75) is 0 Å². The lowest BCUT2D eigenvalue weighted by molar-refractivity contribution is 0.0563. The van der Waals surface area contributed by atoms with E-state index in [1.807, 2.05) is 30.3 Å². The van der Waals surface area contributed by atoms with Gasteiger partial charge in [-0.05, 0) is 11.5 Å². The fraction of sp³-hybridized carbons (Fsp3) is 0.0833. The summed E-state index contributed by atoms with van der Waals surface area (Å²) in [7, 11) is 0. The molecule has 2 aromatic rings. The van der Waals surface area contributed by atoms with Crippen LogP contribution in [0.25, 0.3) is 11.3 Å². The number of benzene rings is 1. The monoisotopic (exact) mass is 244 g/mol. The van der Waals surface area contributed by atoms with E-state index < -0.39 is 5.97 Å². The molecule has 0 fully saturated rings. The fourth-order valence-electron chi connectivity index (χ4n) is 1.28. The van der Waals surface area contributed by atoms with Gasteiger partial charge in [-0.3, -0.25) is 0 Å². The predicted octanol–water partition coefficient (Wildman–Crippen LogP) is 2.00. The number of carbonyl (C=O) groups is 1. The van der Waals surface area contributed by atoms with E-state index in [-0.39, 0.29) is 6.61 Å². The first-order chi connectivity index (χ1) is 8.33. The molecule has 1 aromatic carbocycles. The number of esters is 1. The maximum Gasteiger partial charge on any atom is 0.353 e. The van der Waals surface area contributed by atoms with Crippen molar-refractivity contribution in [3.05, 3.63) is 35.2 Å². The number of rotatable bonds is 3. The molecule has 0 saturated carbocycles. The minimum absolute atomic E-state index is 0.0506. The fourth-order valence-corrected chi connectivity index (χ4v) is 1.86. The lowest BCUT2D eigenvalue weighted by Gasteiger charge is -2.00. The lowest BCUT2D eigenvalue weighted by atomic mass is 10.1. The third-order valence-corrected chi connectivity index (χ3v) is 2.71. The summed E-state index contributed by atoms with van der Waals surface area (Å²) in [5.41, 5.74) is 1.35. The average Bonchev–Trinajstić information content (AvgIpc) is 2.86. The summed E-state index contributed by atoms with van der Waals surface area (Å²) in [5.74, 6) is 1.75. The van der Waals surface area contributed by atoms with Crippen LogP contribution in [-0.2, 0) is 4.74 Å². The molecule has 0 N–H and O–H groups in total. The van der Waals surface area contributed by atoms with Crippen molar-refractivity contribution in [3.63, 3.8) is 0 Å². The number of nitrogens with zero attached hydrogens (tertiary/aromatic N) is 2. The Balaban J connectivity index is 2.30. The summed E-state index contributed by atoms with van der Waals surface area (Å²) in [5, 5.41) is 3.93. The van der Waals surface area contributed by atoms with Gasteiger partial charge in [-0.15, -0.1) is 11.5 Å². The minimum atomic E-state index is -0.489. The van der Waals surface area contributed by atoms with Gasteiger partial charge in [0, 0.05) is 5.56 Å². The second-order valence-corrected chi connectivity index (χ2v) is 3.85. The molecule has 2 rings (SSSR count). The first-order valence-corrected chi connectivity index (χ1v) is 5.58. The lowest BCUT2D eigenvalue weighted by Crippen LogP contribution is -2.04. The summed E-state index contributed by atoms with van der Waals surface area (Å²) in [6.07, 6.45) is 5.02. The third kappa shape index (κ3) is 2.49. The van der Waals surface area contributed by atoms with Gasteiger partial charge in [0.1, 0.15) is 5.69 Å². The standard InChI is InChI=1S/C12H8N2O2S/c1-2-8-16-12(15)11-10(13-14-17-11)9-6-4-3-5-7-9/h1,3-7H,8H2. The molecule has 4 nitrogen and oxygen atoms in total. The van der Waals surface area contributed by atoms with Crippen molar-refractivity contribution in [1.82, 2.24) is 9.59 Å². The molecule has 0 spiro atoms. The van der Waals surface area contributed by atoms with E-state index in [1.54, 1.807) is 0 Å². The summed E-state index contributed by atoms with van der Waals surface area (Å²) < 4.78 is 8.62. The van der Waals surface area contributed by atoms with Crippen LogP contribution in [0.1, 0.15) is 9.67 Å². The van der Waals surface area contributed by atoms with Crippen molar-refractivity contribution in [1.29, 1.82) is 0 Å². The van der Waals surface area contributed by atoms with Gasteiger partial charge in [0.25, 0.3) is 0 Å². The molecule has 0 saturated heterocycles. The Bertz CT molecular complexity index is 557. The average molecular weight is 244 g/mol. The van der Waals surface area contributed by atoms with E-state index in [0.717, 1.165) is 17.1 Å². The quantitative estimate of drug-likeness (QED) is 0.612. The van der Waals surface area contributed by atoms with Gasteiger partial charge in [0.05, 0.1) is 0 Å². The van der Waals surface area contributed by atoms with Crippen molar-refractivity contribution < 1.29 is 9.53 Å². The molecule has 0 amide bonds. The highest BCUT2D eigenvalue weighted by Gasteiger charge is 2.18. The molecule has 1 aromatic heterocycles. The summed E-state index contributed by atoms with van der Waals surface area (Å²) in [4.78, 5) is 12.0. The van der Waals surface area contributed by atoms with Crippen LogP contribution in [-0.4, -0.2) is 22.2 Å². The molecule has 0 radical (unpaired) electrons. The zero-order chi connectivity index (χ0) is 12.1. The largest absolute Gasteiger partial charge is 0.448 e. The third-order valence-electron chi connectivity index (χ3n) is 2.01. The van der Waals surface area contributed by atoms with E-state index in [1.165, 1.54) is 0 Å². The second-order valence-electron chi connectivity index (χ2n) is 3.10. The molecule has 0 bridgehead atoms.